The molecule has 128 valence electrons. The van der Waals surface area contributed by atoms with Crippen LogP contribution in [-0.2, 0) is 12.0 Å². The molecule has 0 bridgehead atoms. The van der Waals surface area contributed by atoms with Crippen molar-refractivity contribution in [1.29, 1.82) is 0 Å². The van der Waals surface area contributed by atoms with Crippen LogP contribution in [0.15, 0.2) is 29.2 Å². The van der Waals surface area contributed by atoms with Crippen molar-refractivity contribution in [2.75, 3.05) is 11.4 Å². The van der Waals surface area contributed by atoms with Crippen molar-refractivity contribution in [3.05, 3.63) is 56.3 Å². The van der Waals surface area contributed by atoms with Crippen LogP contribution in [0.5, 0.6) is 0 Å². The molecule has 1 nitrogen and oxygen atoms in total. The lowest BCUT2D eigenvalue weighted by Gasteiger charge is -2.23. The second-order valence-corrected chi connectivity index (χ2v) is 8.70. The summed E-state index contributed by atoms with van der Waals surface area (Å²) in [5.41, 5.74) is 2.56. The summed E-state index contributed by atoms with van der Waals surface area (Å²) in [6.45, 7) is 5.46. The maximum Gasteiger partial charge on any atom is 0.138 e. The van der Waals surface area contributed by atoms with Crippen LogP contribution < -0.4 is 4.90 Å². The van der Waals surface area contributed by atoms with Gasteiger partial charge in [-0.3, -0.25) is 0 Å². The van der Waals surface area contributed by atoms with E-state index >= 15 is 0 Å². The molecule has 1 heterocycles. The molecular formula is C17H14Cl4FNS. The summed E-state index contributed by atoms with van der Waals surface area (Å²) in [5.74, 6) is -0.373. The zero-order valence-corrected chi connectivity index (χ0v) is 16.8. The summed E-state index contributed by atoms with van der Waals surface area (Å²) in [5, 5.41) is 1.61. The quantitative estimate of drug-likeness (QED) is 0.507. The molecule has 0 saturated heterocycles. The Bertz CT molecular complexity index is 810. The first kappa shape index (κ1) is 18.5. The number of halogens is 5. The van der Waals surface area contributed by atoms with Crippen molar-refractivity contribution < 1.29 is 4.39 Å². The van der Waals surface area contributed by atoms with E-state index in [0.29, 0.717) is 32.1 Å². The van der Waals surface area contributed by atoms with Gasteiger partial charge in [-0.15, -0.1) is 0 Å². The summed E-state index contributed by atoms with van der Waals surface area (Å²) in [7, 11) is 6.46. The predicted molar refractivity (Wildman–Crippen MR) is 104 cm³/mol. The molecule has 0 spiro atoms. The van der Waals surface area contributed by atoms with Crippen molar-refractivity contribution >= 4 is 62.1 Å². The number of hydrogen-bond acceptors (Lipinski definition) is 2. The van der Waals surface area contributed by atoms with Crippen molar-refractivity contribution in [2.24, 2.45) is 0 Å². The van der Waals surface area contributed by atoms with Gasteiger partial charge in [0.15, 0.2) is 0 Å². The molecule has 2 aromatic rings. The third-order valence-corrected chi connectivity index (χ3v) is 6.36. The van der Waals surface area contributed by atoms with Gasteiger partial charge < -0.3 is 4.90 Å². The number of rotatable bonds is 3. The minimum absolute atomic E-state index is 0.158. The number of benzene rings is 2. The van der Waals surface area contributed by atoms with Crippen LogP contribution in [0.4, 0.5) is 10.1 Å². The molecule has 0 radical (unpaired) electrons. The van der Waals surface area contributed by atoms with Crippen LogP contribution in [-0.4, -0.2) is 6.54 Å². The maximum absolute atomic E-state index is 14.0. The lowest BCUT2D eigenvalue weighted by atomic mass is 9.87. The van der Waals surface area contributed by atoms with Gasteiger partial charge in [-0.25, -0.2) is 4.39 Å². The molecule has 24 heavy (non-hydrogen) atoms. The van der Waals surface area contributed by atoms with E-state index in [1.807, 2.05) is 6.07 Å². The Labute approximate surface area is 164 Å². The minimum atomic E-state index is -0.373. The molecule has 0 unspecified atom stereocenters. The monoisotopic (exact) mass is 423 g/mol. The topological polar surface area (TPSA) is 3.24 Å². The van der Waals surface area contributed by atoms with Gasteiger partial charge in [0.25, 0.3) is 0 Å². The molecule has 0 amide bonds. The van der Waals surface area contributed by atoms with Crippen molar-refractivity contribution in [2.45, 2.75) is 30.7 Å². The highest BCUT2D eigenvalue weighted by Crippen LogP contribution is 2.47. The number of nitrogens with zero attached hydrogens (tertiary/aromatic N) is 1. The Kier molecular flexibility index (Phi) is 5.21. The van der Waals surface area contributed by atoms with Crippen LogP contribution in [0.3, 0.4) is 0 Å². The third kappa shape index (κ3) is 3.22. The van der Waals surface area contributed by atoms with E-state index in [2.05, 4.69) is 18.7 Å². The molecular weight excluding hydrogens is 411 g/mol. The lowest BCUT2D eigenvalue weighted by molar-refractivity contribution is 0.549. The summed E-state index contributed by atoms with van der Waals surface area (Å²) < 4.78 is 14.0. The fraction of sp³-hybridized carbons (Fsp3) is 0.294. The molecule has 0 aromatic heterocycles. The highest BCUT2D eigenvalue weighted by molar-refractivity contribution is 8.21. The van der Waals surface area contributed by atoms with E-state index < -0.39 is 0 Å². The van der Waals surface area contributed by atoms with Crippen LogP contribution in [0, 0.1) is 5.82 Å². The van der Waals surface area contributed by atoms with Crippen molar-refractivity contribution in [1.82, 2.24) is 0 Å². The Morgan fingerprint density at radius 2 is 1.88 bits per heavy atom. The minimum Gasteiger partial charge on any atom is -0.366 e. The largest absolute Gasteiger partial charge is 0.366 e. The zero-order valence-electron chi connectivity index (χ0n) is 13.0. The first-order chi connectivity index (χ1) is 11.2. The van der Waals surface area contributed by atoms with Gasteiger partial charge in [0.05, 0.1) is 14.9 Å². The Morgan fingerprint density at radius 1 is 1.17 bits per heavy atom. The first-order valence-electron chi connectivity index (χ1n) is 7.24. The Hall–Kier alpha value is -0.320. The van der Waals surface area contributed by atoms with Crippen LogP contribution in [0.25, 0.3) is 0 Å². The highest BCUT2D eigenvalue weighted by Gasteiger charge is 2.37. The van der Waals surface area contributed by atoms with Crippen LogP contribution >= 0.6 is 56.5 Å². The SMILES string of the molecule is CC1(C)CN(Cc2cc(F)c(SCl)cc2Cl)c2ccc(Cl)c(Cl)c21. The van der Waals surface area contributed by atoms with E-state index in [4.69, 9.17) is 45.5 Å². The van der Waals surface area contributed by atoms with Gasteiger partial charge in [-0.1, -0.05) is 48.7 Å². The Balaban J connectivity index is 2.00. The van der Waals surface area contributed by atoms with Gasteiger partial charge in [0, 0.05) is 34.8 Å². The molecule has 0 fully saturated rings. The molecule has 0 N–H and O–H groups in total. The van der Waals surface area contributed by atoms with Crippen LogP contribution in [0.1, 0.15) is 25.0 Å². The summed E-state index contributed by atoms with van der Waals surface area (Å²) in [4.78, 5) is 2.47. The van der Waals surface area contributed by atoms with Gasteiger partial charge in [0.1, 0.15) is 5.82 Å². The lowest BCUT2D eigenvalue weighted by Crippen LogP contribution is -2.28. The molecule has 3 rings (SSSR count). The fourth-order valence-electron chi connectivity index (χ4n) is 3.19. The van der Waals surface area contributed by atoms with Crippen LogP contribution in [0.2, 0.25) is 15.1 Å². The second kappa shape index (κ2) is 6.77. The van der Waals surface area contributed by atoms with Gasteiger partial charge in [0.2, 0.25) is 0 Å². The molecule has 1 aliphatic rings. The normalized spacial score (nSPS) is 15.7. The number of fused-ring (bicyclic) bond motifs is 1. The molecule has 2 aromatic carbocycles. The molecule has 7 heteroatoms. The van der Waals surface area contributed by atoms with Gasteiger partial charge in [-0.2, -0.15) is 0 Å². The Morgan fingerprint density at radius 3 is 2.54 bits per heavy atom. The van der Waals surface area contributed by atoms with E-state index in [9.17, 15) is 4.39 Å². The number of hydrogen-bond donors (Lipinski definition) is 0. The zero-order chi connectivity index (χ0) is 17.6. The third-order valence-electron chi connectivity index (χ3n) is 4.22. The van der Waals surface area contributed by atoms with Crippen molar-refractivity contribution in [3.63, 3.8) is 0 Å². The number of anilines is 1. The average Bonchev–Trinajstić information content (AvgIpc) is 2.77. The first-order valence-corrected chi connectivity index (χ1v) is 10.0. The fourth-order valence-corrected chi connectivity index (χ4v) is 4.70. The standard InChI is InChI=1S/C17H14Cl4FNS/c1-17(2)8-23(13-4-3-10(18)16(20)15(13)17)7-9-5-12(22)14(24-21)6-11(9)19/h3-6H,7-8H2,1-2H3. The summed E-state index contributed by atoms with van der Waals surface area (Å²) in [6.07, 6.45) is 0. The van der Waals surface area contributed by atoms with Gasteiger partial charge in [-0.05, 0) is 51.5 Å². The van der Waals surface area contributed by atoms with E-state index in [1.165, 1.54) is 6.07 Å². The second-order valence-electron chi connectivity index (χ2n) is 6.45. The molecule has 0 aliphatic carbocycles. The predicted octanol–water partition coefficient (Wildman–Crippen LogP) is 7.33. The summed E-state index contributed by atoms with van der Waals surface area (Å²) in [6, 6.07) is 6.73. The average molecular weight is 425 g/mol. The molecule has 0 saturated carbocycles. The summed E-state index contributed by atoms with van der Waals surface area (Å²) >= 11 is 18.9. The van der Waals surface area contributed by atoms with E-state index in [1.54, 1.807) is 12.1 Å². The smallest absolute Gasteiger partial charge is 0.138 e. The van der Waals surface area contributed by atoms with Crippen molar-refractivity contribution in [3.8, 4) is 0 Å². The molecule has 0 atom stereocenters. The highest BCUT2D eigenvalue weighted by atomic mass is 35.7. The molecule has 1 aliphatic heterocycles. The van der Waals surface area contributed by atoms with Gasteiger partial charge >= 0.3 is 0 Å². The van der Waals surface area contributed by atoms with E-state index in [0.717, 1.165) is 28.8 Å². The maximum atomic E-state index is 14.0. The van der Waals surface area contributed by atoms with E-state index in [-0.39, 0.29) is 11.2 Å².